The van der Waals surface area contributed by atoms with Crippen molar-refractivity contribution in [2.75, 3.05) is 11.5 Å². The molecule has 0 fully saturated rings. The molecule has 0 saturated heterocycles. The summed E-state index contributed by atoms with van der Waals surface area (Å²) in [6.07, 6.45) is 3.13. The number of nitrogens with zero attached hydrogens (tertiary/aromatic N) is 15. The van der Waals surface area contributed by atoms with Crippen LogP contribution in [-0.4, -0.2) is 89.7 Å². The molecule has 0 unspecified atom stereocenters. The van der Waals surface area contributed by atoms with E-state index in [4.69, 9.17) is 21.7 Å². The molecule has 0 saturated carbocycles. The number of carbonyl (C=O) groups is 2. The van der Waals surface area contributed by atoms with Gasteiger partial charge in [-0.15, -0.1) is 20.5 Å². The van der Waals surface area contributed by atoms with E-state index < -0.39 is 38.6 Å². The van der Waals surface area contributed by atoms with Crippen molar-refractivity contribution in [3.8, 4) is 29.3 Å². The number of carboxylic acids is 2. The molecule has 4 aromatic carbocycles. The molecule has 0 aliphatic carbocycles. The van der Waals surface area contributed by atoms with Crippen molar-refractivity contribution in [3.63, 3.8) is 0 Å². The molecule has 0 radical (unpaired) electrons. The van der Waals surface area contributed by atoms with Crippen molar-refractivity contribution < 1.29 is 33.3 Å². The van der Waals surface area contributed by atoms with Crippen LogP contribution in [0.4, 0.5) is 34.6 Å². The number of aromatic hydroxyl groups is 1. The summed E-state index contributed by atoms with van der Waals surface area (Å²) in [5.74, 6) is -3.20. The molecule has 380 valence electrons. The number of hydrogen-bond acceptors (Lipinski definition) is 18. The lowest BCUT2D eigenvalue weighted by molar-refractivity contribution is 0.0686. The van der Waals surface area contributed by atoms with Crippen molar-refractivity contribution in [3.05, 3.63) is 155 Å². The van der Waals surface area contributed by atoms with Gasteiger partial charge in [0.25, 0.3) is 11.9 Å². The first-order valence-electron chi connectivity index (χ1n) is 22.8. The number of aromatic nitrogens is 11. The highest BCUT2D eigenvalue weighted by atomic mass is 32.2. The smallest absolute Gasteiger partial charge is 0.335 e. The molecule has 0 bridgehead atoms. The van der Waals surface area contributed by atoms with Gasteiger partial charge in [0.05, 0.1) is 51.2 Å². The van der Waals surface area contributed by atoms with Crippen LogP contribution in [-0.2, 0) is 27.1 Å². The number of azo groups is 2. The number of nitrogens with two attached hydrogens (primary N) is 2. The lowest BCUT2D eigenvalue weighted by Gasteiger charge is -2.15. The summed E-state index contributed by atoms with van der Waals surface area (Å²) in [5, 5.41) is 67.3. The van der Waals surface area contributed by atoms with Crippen molar-refractivity contribution in [1.82, 2.24) is 54.1 Å². The molecule has 25 heteroatoms. The Morgan fingerprint density at radius 3 is 1.55 bits per heavy atom. The Kier molecular flexibility index (Phi) is 12.9. The minimum absolute atomic E-state index is 0.0315. The van der Waals surface area contributed by atoms with Gasteiger partial charge in [-0.05, 0) is 54.1 Å². The van der Waals surface area contributed by atoms with E-state index in [1.807, 2.05) is 71.9 Å². The monoisotopic (exact) mass is 1030 g/mol. The maximum Gasteiger partial charge on any atom is 0.335 e. The van der Waals surface area contributed by atoms with Gasteiger partial charge in [-0.3, -0.25) is 0 Å². The van der Waals surface area contributed by atoms with Crippen LogP contribution < -0.4 is 11.5 Å². The molecule has 7 N–H and O–H groups in total. The summed E-state index contributed by atoms with van der Waals surface area (Å²) >= 11 is 0. The Hall–Kier alpha value is -9.78. The lowest BCUT2D eigenvalue weighted by Crippen LogP contribution is -2.16. The summed E-state index contributed by atoms with van der Waals surface area (Å²) in [6, 6.07) is 28.4. The molecule has 0 amide bonds. The molecule has 75 heavy (non-hydrogen) atoms. The van der Waals surface area contributed by atoms with Crippen LogP contribution >= 0.6 is 0 Å². The Morgan fingerprint density at radius 1 is 0.587 bits per heavy atom. The maximum absolute atomic E-state index is 14.1. The predicted octanol–water partition coefficient (Wildman–Crippen LogP) is 8.73. The van der Waals surface area contributed by atoms with Crippen LogP contribution in [0.1, 0.15) is 84.8 Å². The molecule has 5 aromatic heterocycles. The molecule has 5 heterocycles. The van der Waals surface area contributed by atoms with Crippen molar-refractivity contribution in [2.24, 2.45) is 20.5 Å². The van der Waals surface area contributed by atoms with Gasteiger partial charge in [-0.25, -0.2) is 27.4 Å². The fourth-order valence-corrected chi connectivity index (χ4v) is 9.09. The highest BCUT2D eigenvalue weighted by Gasteiger charge is 2.32. The molecule has 0 spiro atoms. The van der Waals surface area contributed by atoms with Crippen molar-refractivity contribution >= 4 is 56.4 Å². The van der Waals surface area contributed by atoms with Gasteiger partial charge in [0, 0.05) is 22.8 Å². The number of nitrogen functional groups attached to an aromatic ring is 2. The molecule has 0 atom stereocenters. The second kappa shape index (κ2) is 19.3. The van der Waals surface area contributed by atoms with E-state index in [1.54, 1.807) is 36.5 Å². The molecule has 9 rings (SSSR count). The minimum atomic E-state index is -4.28. The average molecular weight is 1030 g/mol. The summed E-state index contributed by atoms with van der Waals surface area (Å²) in [6.45, 7) is 11.1. The lowest BCUT2D eigenvalue weighted by atomic mass is 9.91. The number of aromatic carboxylic acids is 2. The third-order valence-corrected chi connectivity index (χ3v) is 13.2. The van der Waals surface area contributed by atoms with E-state index in [2.05, 4.69) is 45.6 Å². The van der Waals surface area contributed by atoms with E-state index in [9.17, 15) is 33.3 Å². The molecular formula is C50H47N17O7S. The summed E-state index contributed by atoms with van der Waals surface area (Å²) in [5.41, 5.74) is 15.0. The number of anilines is 2. The summed E-state index contributed by atoms with van der Waals surface area (Å²) in [4.78, 5) is 36.4. The second-order valence-electron chi connectivity index (χ2n) is 19.0. The zero-order chi connectivity index (χ0) is 53.6. The van der Waals surface area contributed by atoms with E-state index in [-0.39, 0.29) is 78.8 Å². The van der Waals surface area contributed by atoms with Crippen LogP contribution in [0.5, 0.6) is 6.01 Å². The Bertz CT molecular complexity index is 3850. The fourth-order valence-electron chi connectivity index (χ4n) is 7.76. The number of benzene rings is 4. The van der Waals surface area contributed by atoms with E-state index in [1.165, 1.54) is 53.2 Å². The average Bonchev–Trinajstić information content (AvgIpc) is 4.16. The van der Waals surface area contributed by atoms with Crippen LogP contribution in [0.3, 0.4) is 0 Å². The second-order valence-corrected chi connectivity index (χ2v) is 20.9. The van der Waals surface area contributed by atoms with Gasteiger partial charge in [0.1, 0.15) is 4.90 Å². The van der Waals surface area contributed by atoms with Gasteiger partial charge < -0.3 is 26.8 Å². The highest BCUT2D eigenvalue weighted by molar-refractivity contribution is 7.91. The first-order chi connectivity index (χ1) is 35.6. The van der Waals surface area contributed by atoms with Crippen LogP contribution in [0, 0.1) is 0 Å². The zero-order valence-electron chi connectivity index (χ0n) is 41.0. The SMILES string of the molecule is CC(C)(C)c1nn(-c2nc(O)nc(-n3nc(C(C)(C)C)c(N=Nc4c(S(=O)(=O)c5ccccc5)cnn4-c4cccc(C(=O)O)c4)c3N)n2)c(N)c1N=Nc1c(Cc2ccccc2)cnn1-c1cccc(C(=O)O)c1. The highest BCUT2D eigenvalue weighted by Crippen LogP contribution is 2.41. The fraction of sp³-hybridized carbons (Fsp3) is 0.180. The number of sulfone groups is 1. The van der Waals surface area contributed by atoms with Crippen LogP contribution in [0.2, 0.25) is 0 Å². The largest absolute Gasteiger partial charge is 0.479 e. The van der Waals surface area contributed by atoms with Gasteiger partial charge in [-0.2, -0.15) is 44.7 Å². The molecule has 9 aromatic rings. The maximum atomic E-state index is 14.1. The zero-order valence-corrected chi connectivity index (χ0v) is 41.8. The van der Waals surface area contributed by atoms with E-state index in [0.717, 1.165) is 25.8 Å². The first-order valence-corrected chi connectivity index (χ1v) is 24.3. The third kappa shape index (κ3) is 9.93. The number of carboxylic acid groups (broad SMARTS) is 2. The van der Waals surface area contributed by atoms with Crippen molar-refractivity contribution in [1.29, 1.82) is 0 Å². The van der Waals surface area contributed by atoms with Crippen molar-refractivity contribution in [2.45, 2.75) is 68.6 Å². The first kappa shape index (κ1) is 50.2. The normalized spacial score (nSPS) is 12.3. The van der Waals surface area contributed by atoms with E-state index >= 15 is 0 Å². The summed E-state index contributed by atoms with van der Waals surface area (Å²) < 4.78 is 33.1. The number of hydrogen-bond donors (Lipinski definition) is 5. The minimum Gasteiger partial charge on any atom is -0.479 e. The molecule has 0 aliphatic rings. The quantitative estimate of drug-likeness (QED) is 0.0635. The van der Waals surface area contributed by atoms with Crippen LogP contribution in [0.15, 0.2) is 152 Å². The molecular weight excluding hydrogens is 983 g/mol. The number of rotatable bonds is 14. The Morgan fingerprint density at radius 2 is 1.05 bits per heavy atom. The molecule has 0 aliphatic heterocycles. The Balaban J connectivity index is 1.15. The van der Waals surface area contributed by atoms with Gasteiger partial charge in [0.15, 0.2) is 34.6 Å². The van der Waals surface area contributed by atoms with Gasteiger partial charge in [0.2, 0.25) is 9.84 Å². The van der Waals surface area contributed by atoms with E-state index in [0.29, 0.717) is 23.4 Å². The van der Waals surface area contributed by atoms with Gasteiger partial charge in [-0.1, -0.05) is 102 Å². The third-order valence-electron chi connectivity index (χ3n) is 11.5. The standard InChI is InChI=1S/C50H47N17O7S/c1-49(2,3)38-36(58-60-42-31(23-28-15-9-7-10-16-28)26-53-64(42)32-19-13-17-29(24-32)44(68)69)40(51)66(62-38)46-55-47(57-48(72)56-46)67-41(52)37(39(63-67)50(4,5)6)59-61-43-35(75(73,74)34-21-11-8-12-22-34)27-54-65(43)33-20-14-18-30(25-33)45(70)71/h7-22,24-27H,23,51-52H2,1-6H3,(H,68,69)(H,70,71)(H,55,56,57,72). The van der Waals surface area contributed by atoms with Gasteiger partial charge >= 0.3 is 17.9 Å². The Labute approximate surface area is 427 Å². The van der Waals surface area contributed by atoms with Crippen LogP contribution in [0.25, 0.3) is 23.3 Å². The summed E-state index contributed by atoms with van der Waals surface area (Å²) in [7, 11) is -4.28. The predicted molar refractivity (Wildman–Crippen MR) is 273 cm³/mol. The topological polar surface area (TPSA) is 340 Å². The molecule has 24 nitrogen and oxygen atoms in total.